The summed E-state index contributed by atoms with van der Waals surface area (Å²) in [4.78, 5) is 0.145. The molecule has 0 aromatic heterocycles. The van der Waals surface area contributed by atoms with Gasteiger partial charge >= 0.3 is 10.1 Å². The second-order valence-corrected chi connectivity index (χ2v) is 7.20. The first kappa shape index (κ1) is 15.5. The van der Waals surface area contributed by atoms with Crippen molar-refractivity contribution < 1.29 is 12.6 Å². The smallest absolute Gasteiger partial charge is 0.339 e. The van der Waals surface area contributed by atoms with E-state index < -0.39 is 10.1 Å². The van der Waals surface area contributed by atoms with E-state index in [1.807, 2.05) is 6.92 Å². The van der Waals surface area contributed by atoms with E-state index in [0.717, 1.165) is 15.6 Å². The van der Waals surface area contributed by atoms with Gasteiger partial charge in [-0.25, -0.2) is 0 Å². The Kier molecular flexibility index (Phi) is 4.88. The van der Waals surface area contributed by atoms with Crippen molar-refractivity contribution in [1.82, 2.24) is 0 Å². The van der Waals surface area contributed by atoms with Crippen LogP contribution < -0.4 is 4.18 Å². The van der Waals surface area contributed by atoms with E-state index in [4.69, 9.17) is 4.18 Å². The Hall–Kier alpha value is -0.850. The molecule has 0 unspecified atom stereocenters. The van der Waals surface area contributed by atoms with E-state index in [1.165, 1.54) is 12.1 Å². The highest BCUT2D eigenvalue weighted by Gasteiger charge is 2.16. The minimum atomic E-state index is -3.80. The van der Waals surface area contributed by atoms with E-state index in [1.54, 1.807) is 30.3 Å². The molecule has 0 saturated heterocycles. The van der Waals surface area contributed by atoms with Crippen molar-refractivity contribution in [2.24, 2.45) is 0 Å². The Labute approximate surface area is 135 Å². The number of hydrogen-bond donors (Lipinski definition) is 0. The molecule has 0 aliphatic heterocycles. The Morgan fingerprint density at radius 1 is 1.10 bits per heavy atom. The van der Waals surface area contributed by atoms with Crippen LogP contribution in [0, 0.1) is 6.92 Å². The lowest BCUT2D eigenvalue weighted by Crippen LogP contribution is -2.09. The minimum absolute atomic E-state index is 0.145. The molecule has 2 aromatic carbocycles. The van der Waals surface area contributed by atoms with Crippen LogP contribution in [0.2, 0.25) is 0 Å². The Balaban J connectivity index is 2.30. The van der Waals surface area contributed by atoms with Gasteiger partial charge in [0.05, 0.1) is 0 Å². The zero-order valence-electron chi connectivity index (χ0n) is 10.6. The van der Waals surface area contributed by atoms with Crippen molar-refractivity contribution in [3.8, 4) is 5.75 Å². The summed E-state index contributed by atoms with van der Waals surface area (Å²) in [6, 6.07) is 11.6. The molecule has 0 aliphatic rings. The number of alkyl halides is 1. The Bertz CT molecular complexity index is 710. The van der Waals surface area contributed by atoms with Crippen molar-refractivity contribution in [2.45, 2.75) is 17.1 Å². The molecule has 0 saturated carbocycles. The maximum Gasteiger partial charge on any atom is 0.339 e. The van der Waals surface area contributed by atoms with Crippen LogP contribution in [0.15, 0.2) is 51.8 Å². The molecule has 0 atom stereocenters. The molecular formula is C14H12Br2O3S. The monoisotopic (exact) mass is 418 g/mol. The van der Waals surface area contributed by atoms with E-state index in [9.17, 15) is 8.42 Å². The quantitative estimate of drug-likeness (QED) is 0.544. The lowest BCUT2D eigenvalue weighted by Gasteiger charge is -2.09. The van der Waals surface area contributed by atoms with Crippen LogP contribution in [-0.4, -0.2) is 8.42 Å². The summed E-state index contributed by atoms with van der Waals surface area (Å²) in [5, 5.41) is 0.607. The molecule has 6 heteroatoms. The van der Waals surface area contributed by atoms with Crippen molar-refractivity contribution in [2.75, 3.05) is 0 Å². The fraction of sp³-hybridized carbons (Fsp3) is 0.143. The van der Waals surface area contributed by atoms with Crippen LogP contribution in [0.3, 0.4) is 0 Å². The Morgan fingerprint density at radius 2 is 1.75 bits per heavy atom. The number of aryl methyl sites for hydroxylation is 1. The van der Waals surface area contributed by atoms with Crippen LogP contribution in [-0.2, 0) is 15.4 Å². The van der Waals surface area contributed by atoms with Gasteiger partial charge in [0.25, 0.3) is 0 Å². The average Bonchev–Trinajstić information content (AvgIpc) is 2.41. The van der Waals surface area contributed by atoms with E-state index in [0.29, 0.717) is 11.1 Å². The summed E-state index contributed by atoms with van der Waals surface area (Å²) >= 11 is 6.73. The van der Waals surface area contributed by atoms with Gasteiger partial charge in [-0.15, -0.1) is 0 Å². The van der Waals surface area contributed by atoms with Gasteiger partial charge in [-0.3, -0.25) is 0 Å². The summed E-state index contributed by atoms with van der Waals surface area (Å²) in [5.41, 5.74) is 1.91. The molecule has 0 aliphatic carbocycles. The maximum atomic E-state index is 12.2. The van der Waals surface area contributed by atoms with Crippen LogP contribution in [0.4, 0.5) is 0 Å². The lowest BCUT2D eigenvalue weighted by molar-refractivity contribution is 0.486. The van der Waals surface area contributed by atoms with Gasteiger partial charge in [-0.05, 0) is 42.8 Å². The second-order valence-electron chi connectivity index (χ2n) is 4.24. The van der Waals surface area contributed by atoms with Crippen molar-refractivity contribution in [1.29, 1.82) is 0 Å². The fourth-order valence-corrected chi connectivity index (χ4v) is 3.73. The van der Waals surface area contributed by atoms with Crippen LogP contribution in [0.1, 0.15) is 11.1 Å². The summed E-state index contributed by atoms with van der Waals surface area (Å²) < 4.78 is 30.4. The standard InChI is InChI=1S/C14H12Br2O3S/c1-10-2-5-13(6-3-10)20(17,18)19-12-4-7-14(16)11(8-12)9-15/h2-8H,9H2,1H3. The van der Waals surface area contributed by atoms with Gasteiger partial charge in [-0.2, -0.15) is 8.42 Å². The summed E-state index contributed by atoms with van der Waals surface area (Å²) in [5.74, 6) is 0.295. The first-order valence-corrected chi connectivity index (χ1v) is 9.10. The fourth-order valence-electron chi connectivity index (χ4n) is 1.59. The van der Waals surface area contributed by atoms with Gasteiger partial charge in [0.2, 0.25) is 0 Å². The average molecular weight is 420 g/mol. The topological polar surface area (TPSA) is 43.4 Å². The molecule has 2 aromatic rings. The van der Waals surface area contributed by atoms with Gasteiger partial charge in [-0.1, -0.05) is 49.6 Å². The second kappa shape index (κ2) is 6.28. The Morgan fingerprint density at radius 3 is 2.35 bits per heavy atom. The van der Waals surface area contributed by atoms with Crippen molar-refractivity contribution >= 4 is 42.0 Å². The molecule has 0 bridgehead atoms. The highest BCUT2D eigenvalue weighted by molar-refractivity contribution is 9.10. The summed E-state index contributed by atoms with van der Waals surface area (Å²) in [6.45, 7) is 1.90. The molecule has 0 heterocycles. The SMILES string of the molecule is Cc1ccc(S(=O)(=O)Oc2ccc(Br)c(CBr)c2)cc1. The van der Waals surface area contributed by atoms with Gasteiger partial charge in [0.15, 0.2) is 0 Å². The lowest BCUT2D eigenvalue weighted by atomic mass is 10.2. The minimum Gasteiger partial charge on any atom is -0.379 e. The molecule has 0 N–H and O–H groups in total. The van der Waals surface area contributed by atoms with Crippen LogP contribution in [0.5, 0.6) is 5.75 Å². The first-order chi connectivity index (χ1) is 9.42. The first-order valence-electron chi connectivity index (χ1n) is 5.78. The highest BCUT2D eigenvalue weighted by Crippen LogP contribution is 2.26. The molecule has 3 nitrogen and oxygen atoms in total. The van der Waals surface area contributed by atoms with Crippen molar-refractivity contribution in [3.05, 3.63) is 58.1 Å². The summed E-state index contributed by atoms with van der Waals surface area (Å²) in [6.07, 6.45) is 0. The molecule has 0 spiro atoms. The zero-order chi connectivity index (χ0) is 14.8. The molecular weight excluding hydrogens is 408 g/mol. The van der Waals surface area contributed by atoms with Crippen molar-refractivity contribution in [3.63, 3.8) is 0 Å². The third-order valence-electron chi connectivity index (χ3n) is 2.68. The van der Waals surface area contributed by atoms with Gasteiger partial charge < -0.3 is 4.18 Å². The molecule has 0 fully saturated rings. The molecule has 0 amide bonds. The molecule has 2 rings (SSSR count). The largest absolute Gasteiger partial charge is 0.379 e. The van der Waals surface area contributed by atoms with Crippen LogP contribution in [0.25, 0.3) is 0 Å². The number of halogens is 2. The van der Waals surface area contributed by atoms with E-state index in [-0.39, 0.29) is 4.90 Å². The number of rotatable bonds is 4. The molecule has 20 heavy (non-hydrogen) atoms. The predicted octanol–water partition coefficient (Wildman–Crippen LogP) is 4.42. The van der Waals surface area contributed by atoms with Gasteiger partial charge in [0, 0.05) is 9.80 Å². The third kappa shape index (κ3) is 3.62. The number of benzene rings is 2. The van der Waals surface area contributed by atoms with Crippen LogP contribution >= 0.6 is 31.9 Å². The number of hydrogen-bond acceptors (Lipinski definition) is 3. The zero-order valence-corrected chi connectivity index (χ0v) is 14.6. The molecule has 0 radical (unpaired) electrons. The third-order valence-corrected chi connectivity index (χ3v) is 5.32. The predicted molar refractivity (Wildman–Crippen MR) is 85.8 cm³/mol. The molecule has 106 valence electrons. The maximum absolute atomic E-state index is 12.2. The van der Waals surface area contributed by atoms with E-state index >= 15 is 0 Å². The highest BCUT2D eigenvalue weighted by atomic mass is 79.9. The van der Waals surface area contributed by atoms with E-state index in [2.05, 4.69) is 31.9 Å². The normalized spacial score (nSPS) is 11.3. The van der Waals surface area contributed by atoms with Gasteiger partial charge in [0.1, 0.15) is 10.6 Å². The summed E-state index contributed by atoms with van der Waals surface area (Å²) in [7, 11) is -3.80.